The second-order valence-electron chi connectivity index (χ2n) is 11.3. The van der Waals surface area contributed by atoms with Crippen molar-refractivity contribution in [2.75, 3.05) is 13.2 Å². The van der Waals surface area contributed by atoms with E-state index in [9.17, 15) is 14.4 Å². The Kier molecular flexibility index (Phi) is 15.2. The molecule has 2 N–H and O–H groups in total. The molecule has 0 spiro atoms. The molecule has 0 heterocycles. The van der Waals surface area contributed by atoms with E-state index in [1.165, 1.54) is 0 Å². The number of rotatable bonds is 14. The highest BCUT2D eigenvalue weighted by atomic mass is 16.6. The van der Waals surface area contributed by atoms with Gasteiger partial charge in [-0.1, -0.05) is 26.2 Å². The van der Waals surface area contributed by atoms with Crippen molar-refractivity contribution in [2.45, 2.75) is 125 Å². The molecule has 0 radical (unpaired) electrons. The smallest absolute Gasteiger partial charge is 0.407 e. The lowest BCUT2D eigenvalue weighted by Crippen LogP contribution is -2.40. The first kappa shape index (κ1) is 33.5. The lowest BCUT2D eigenvalue weighted by Gasteiger charge is -2.23. The largest absolute Gasteiger partial charge is 0.496 e. The maximum absolute atomic E-state index is 12.6. The van der Waals surface area contributed by atoms with Gasteiger partial charge in [0.15, 0.2) is 0 Å². The van der Waals surface area contributed by atoms with Crippen molar-refractivity contribution in [2.24, 2.45) is 5.92 Å². The third-order valence-electron chi connectivity index (χ3n) is 4.60. The van der Waals surface area contributed by atoms with Crippen molar-refractivity contribution in [1.82, 2.24) is 10.6 Å². The van der Waals surface area contributed by atoms with Gasteiger partial charge < -0.3 is 29.6 Å². The first-order chi connectivity index (χ1) is 16.5. The van der Waals surface area contributed by atoms with Crippen molar-refractivity contribution < 1.29 is 33.3 Å². The number of hydrogen-bond acceptors (Lipinski definition) is 7. The molecule has 0 aliphatic rings. The number of carbonyl (C=O) groups is 3. The van der Waals surface area contributed by atoms with Gasteiger partial charge in [-0.15, -0.1) is 0 Å². The number of allylic oxidation sites excluding steroid dienone is 1. The van der Waals surface area contributed by atoms with E-state index in [1.54, 1.807) is 61.5 Å². The minimum Gasteiger partial charge on any atom is -0.496 e. The quantitative estimate of drug-likeness (QED) is 0.129. The van der Waals surface area contributed by atoms with Crippen LogP contribution in [0.5, 0.6) is 0 Å². The Bertz CT molecular complexity index is 708. The Labute approximate surface area is 218 Å². The molecule has 2 amide bonds. The number of ether oxygens (including phenoxy) is 4. The summed E-state index contributed by atoms with van der Waals surface area (Å²) in [6.07, 6.45) is 5.64. The van der Waals surface area contributed by atoms with Gasteiger partial charge >= 0.3 is 18.2 Å². The molecule has 3 atom stereocenters. The van der Waals surface area contributed by atoms with Crippen LogP contribution in [0.25, 0.3) is 0 Å². The van der Waals surface area contributed by atoms with E-state index in [0.29, 0.717) is 12.2 Å². The van der Waals surface area contributed by atoms with Crippen molar-refractivity contribution in [3.8, 4) is 0 Å². The molecule has 0 aliphatic carbocycles. The molecule has 210 valence electrons. The summed E-state index contributed by atoms with van der Waals surface area (Å²) in [5.41, 5.74) is -1.18. The van der Waals surface area contributed by atoms with Gasteiger partial charge in [-0.05, 0) is 74.8 Å². The standard InChI is InChI=1S/C27H50N2O7/c1-11-12-13-14-15-22(33-17-20(3)28-24(31)35-26(5,6)7)16-19(2)23(30)34-18-21(4)29-25(32)36-27(8,9)10/h16,19-21H,11-15,17-18H2,1-10H3,(H,28,31)(H,29,32)/t19-,20+,21+/m0/s1. The van der Waals surface area contributed by atoms with Gasteiger partial charge in [0.25, 0.3) is 0 Å². The van der Waals surface area contributed by atoms with E-state index >= 15 is 0 Å². The third kappa shape index (κ3) is 18.8. The Morgan fingerprint density at radius 2 is 1.22 bits per heavy atom. The monoisotopic (exact) mass is 514 g/mol. The van der Waals surface area contributed by atoms with Crippen LogP contribution >= 0.6 is 0 Å². The highest BCUT2D eigenvalue weighted by molar-refractivity contribution is 5.74. The molecular formula is C27H50N2O7. The van der Waals surface area contributed by atoms with Crippen LogP contribution in [0, 0.1) is 5.92 Å². The van der Waals surface area contributed by atoms with Crippen molar-refractivity contribution in [1.29, 1.82) is 0 Å². The summed E-state index contributed by atoms with van der Waals surface area (Å²) in [6, 6.07) is -0.676. The van der Waals surface area contributed by atoms with Crippen LogP contribution in [0.2, 0.25) is 0 Å². The Morgan fingerprint density at radius 1 is 0.750 bits per heavy atom. The molecule has 0 aromatic heterocycles. The number of alkyl carbamates (subject to hydrolysis) is 2. The maximum atomic E-state index is 12.6. The molecule has 0 rings (SSSR count). The lowest BCUT2D eigenvalue weighted by atomic mass is 10.1. The number of carbonyl (C=O) groups excluding carboxylic acids is 3. The summed E-state index contributed by atoms with van der Waals surface area (Å²) >= 11 is 0. The van der Waals surface area contributed by atoms with E-state index in [-0.39, 0.29) is 19.3 Å². The summed E-state index contributed by atoms with van der Waals surface area (Å²) in [5, 5.41) is 5.41. The highest BCUT2D eigenvalue weighted by Crippen LogP contribution is 2.16. The van der Waals surface area contributed by atoms with Crippen molar-refractivity contribution >= 4 is 18.2 Å². The van der Waals surface area contributed by atoms with Gasteiger partial charge in [-0.25, -0.2) is 9.59 Å². The summed E-state index contributed by atoms with van der Waals surface area (Å²) in [6.45, 7) is 18.5. The van der Waals surface area contributed by atoms with Gasteiger partial charge in [0.1, 0.15) is 24.4 Å². The fourth-order valence-electron chi connectivity index (χ4n) is 2.95. The van der Waals surface area contributed by atoms with Crippen LogP contribution in [-0.4, -0.2) is 54.7 Å². The molecule has 36 heavy (non-hydrogen) atoms. The summed E-state index contributed by atoms with van der Waals surface area (Å²) in [5.74, 6) is -0.259. The summed E-state index contributed by atoms with van der Waals surface area (Å²) in [7, 11) is 0. The van der Waals surface area contributed by atoms with E-state index in [2.05, 4.69) is 17.6 Å². The maximum Gasteiger partial charge on any atom is 0.407 e. The van der Waals surface area contributed by atoms with Crippen LogP contribution in [0.1, 0.15) is 101 Å². The van der Waals surface area contributed by atoms with Crippen LogP contribution < -0.4 is 10.6 Å². The van der Waals surface area contributed by atoms with Crippen LogP contribution in [0.4, 0.5) is 9.59 Å². The minimum absolute atomic E-state index is 0.0276. The molecule has 0 unspecified atom stereocenters. The summed E-state index contributed by atoms with van der Waals surface area (Å²) < 4.78 is 21.8. The predicted octanol–water partition coefficient (Wildman–Crippen LogP) is 5.86. The average molecular weight is 515 g/mol. The number of nitrogens with one attached hydrogen (secondary N) is 2. The van der Waals surface area contributed by atoms with Crippen molar-refractivity contribution in [3.63, 3.8) is 0 Å². The zero-order valence-electron chi connectivity index (χ0n) is 24.1. The molecule has 0 saturated heterocycles. The zero-order chi connectivity index (χ0) is 27.9. The number of amides is 2. The zero-order valence-corrected chi connectivity index (χ0v) is 24.1. The highest BCUT2D eigenvalue weighted by Gasteiger charge is 2.21. The van der Waals surface area contributed by atoms with Gasteiger partial charge in [0.2, 0.25) is 0 Å². The average Bonchev–Trinajstić information content (AvgIpc) is 2.69. The first-order valence-electron chi connectivity index (χ1n) is 13.0. The molecule has 0 saturated carbocycles. The van der Waals surface area contributed by atoms with E-state index < -0.39 is 41.3 Å². The molecule has 0 bridgehead atoms. The normalized spacial score (nSPS) is 14.8. The number of unbranched alkanes of at least 4 members (excludes halogenated alkanes) is 3. The SMILES string of the molecule is CCCCCCC(=C[C@H](C)C(=O)OC[C@@H](C)NC(=O)OC(C)(C)C)OC[C@@H](C)NC(=O)OC(C)(C)C. The minimum atomic E-state index is -0.604. The van der Waals surface area contributed by atoms with E-state index in [4.69, 9.17) is 18.9 Å². The van der Waals surface area contributed by atoms with Crippen molar-refractivity contribution in [3.05, 3.63) is 11.8 Å². The molecule has 0 aliphatic heterocycles. The summed E-state index contributed by atoms with van der Waals surface area (Å²) in [4.78, 5) is 36.4. The van der Waals surface area contributed by atoms with Crippen LogP contribution in [0.15, 0.2) is 11.8 Å². The number of hydrogen-bond donors (Lipinski definition) is 2. The predicted molar refractivity (Wildman–Crippen MR) is 141 cm³/mol. The molecule has 0 aromatic carbocycles. The molecule has 9 heteroatoms. The Balaban J connectivity index is 4.88. The van der Waals surface area contributed by atoms with E-state index in [1.807, 2.05) is 6.92 Å². The first-order valence-corrected chi connectivity index (χ1v) is 13.0. The van der Waals surface area contributed by atoms with Gasteiger partial charge in [-0.2, -0.15) is 0 Å². The molecular weight excluding hydrogens is 464 g/mol. The second kappa shape index (κ2) is 16.3. The van der Waals surface area contributed by atoms with Crippen LogP contribution in [0.3, 0.4) is 0 Å². The topological polar surface area (TPSA) is 112 Å². The lowest BCUT2D eigenvalue weighted by molar-refractivity contribution is -0.147. The van der Waals surface area contributed by atoms with Gasteiger partial charge in [-0.3, -0.25) is 4.79 Å². The van der Waals surface area contributed by atoms with Gasteiger partial charge in [0.05, 0.1) is 23.8 Å². The fourth-order valence-corrected chi connectivity index (χ4v) is 2.95. The van der Waals surface area contributed by atoms with Gasteiger partial charge in [0, 0.05) is 6.42 Å². The molecule has 9 nitrogen and oxygen atoms in total. The Hall–Kier alpha value is -2.45. The molecule has 0 fully saturated rings. The molecule has 0 aromatic rings. The third-order valence-corrected chi connectivity index (χ3v) is 4.60. The number of esters is 1. The van der Waals surface area contributed by atoms with Crippen LogP contribution in [-0.2, 0) is 23.7 Å². The Morgan fingerprint density at radius 3 is 1.67 bits per heavy atom. The fraction of sp³-hybridized carbons (Fsp3) is 0.815. The second-order valence-corrected chi connectivity index (χ2v) is 11.3. The van der Waals surface area contributed by atoms with E-state index in [0.717, 1.165) is 25.7 Å².